The first-order valence-electron chi connectivity index (χ1n) is 9.11. The molecular weight excluding hydrogens is 358 g/mol. The summed E-state index contributed by atoms with van der Waals surface area (Å²) < 4.78 is 21.4. The lowest BCUT2D eigenvalue weighted by Crippen LogP contribution is -2.39. The van der Waals surface area contributed by atoms with Gasteiger partial charge in [-0.15, -0.1) is 0 Å². The van der Waals surface area contributed by atoms with Crippen molar-refractivity contribution in [2.75, 3.05) is 47.6 Å². The van der Waals surface area contributed by atoms with Gasteiger partial charge in [0, 0.05) is 19.2 Å². The minimum absolute atomic E-state index is 0.0381. The first-order valence-corrected chi connectivity index (χ1v) is 9.11. The first-order chi connectivity index (χ1) is 13.7. The maximum Gasteiger partial charge on any atom is 0.247 e. The van der Waals surface area contributed by atoms with E-state index < -0.39 is 0 Å². The molecule has 1 amide bonds. The summed E-state index contributed by atoms with van der Waals surface area (Å²) in [4.78, 5) is 14.7. The zero-order valence-corrected chi connectivity index (χ0v) is 16.4. The molecule has 28 heavy (non-hydrogen) atoms. The van der Waals surface area contributed by atoms with E-state index in [1.54, 1.807) is 32.3 Å². The predicted molar refractivity (Wildman–Crippen MR) is 107 cm³/mol. The van der Waals surface area contributed by atoms with Gasteiger partial charge in [0.05, 0.1) is 34.5 Å². The Hall–Kier alpha value is -2.99. The van der Waals surface area contributed by atoms with Gasteiger partial charge in [0.15, 0.2) is 11.5 Å². The van der Waals surface area contributed by atoms with Crippen LogP contribution in [0.4, 0.5) is 0 Å². The third-order valence-electron chi connectivity index (χ3n) is 4.69. The molecule has 6 heteroatoms. The quantitative estimate of drug-likeness (QED) is 0.718. The number of rotatable bonds is 6. The second-order valence-electron chi connectivity index (χ2n) is 6.29. The topological polar surface area (TPSA) is 57.2 Å². The Balaban J connectivity index is 2.03. The molecule has 2 aromatic rings. The molecule has 148 valence electrons. The molecule has 0 aliphatic carbocycles. The number of ether oxygens (including phenoxy) is 4. The molecule has 3 rings (SSSR count). The van der Waals surface area contributed by atoms with Crippen LogP contribution < -0.4 is 14.2 Å². The van der Waals surface area contributed by atoms with Crippen LogP contribution in [0.2, 0.25) is 0 Å². The van der Waals surface area contributed by atoms with E-state index in [1.165, 1.54) is 0 Å². The van der Waals surface area contributed by atoms with Gasteiger partial charge in [0.25, 0.3) is 0 Å². The summed E-state index contributed by atoms with van der Waals surface area (Å²) in [6.45, 7) is 2.32. The molecule has 1 aliphatic heterocycles. The highest BCUT2D eigenvalue weighted by Gasteiger charge is 2.18. The predicted octanol–water partition coefficient (Wildman–Crippen LogP) is 3.00. The van der Waals surface area contributed by atoms with E-state index >= 15 is 0 Å². The average molecular weight is 383 g/mol. The fraction of sp³-hybridized carbons (Fsp3) is 0.318. The van der Waals surface area contributed by atoms with Crippen molar-refractivity contribution in [3.8, 4) is 17.2 Å². The van der Waals surface area contributed by atoms with E-state index in [1.807, 2.05) is 42.5 Å². The normalized spacial score (nSPS) is 14.5. The van der Waals surface area contributed by atoms with Gasteiger partial charge in [-0.05, 0) is 41.0 Å². The van der Waals surface area contributed by atoms with Gasteiger partial charge < -0.3 is 23.8 Å². The molecule has 0 unspecified atom stereocenters. The zero-order chi connectivity index (χ0) is 19.9. The number of carbonyl (C=O) groups excluding carboxylic acids is 1. The van der Waals surface area contributed by atoms with E-state index in [9.17, 15) is 4.79 Å². The van der Waals surface area contributed by atoms with Crippen LogP contribution in [0, 0.1) is 0 Å². The second kappa shape index (κ2) is 9.28. The monoisotopic (exact) mass is 383 g/mol. The summed E-state index contributed by atoms with van der Waals surface area (Å²) in [5.41, 5.74) is 2.58. The Kier molecular flexibility index (Phi) is 6.55. The van der Waals surface area contributed by atoms with Gasteiger partial charge in [-0.2, -0.15) is 0 Å². The lowest BCUT2D eigenvalue weighted by Gasteiger charge is -2.26. The molecule has 0 atom stereocenters. The minimum atomic E-state index is -0.0381. The lowest BCUT2D eigenvalue weighted by atomic mass is 9.96. The standard InChI is InChI=1S/C22H25NO5/c1-25-18-7-4-16(5-8-18)19(15-22(24)23-10-12-28-13-11-23)17-6-9-20(26-2)21(14-17)27-3/h4-9,14-15H,10-13H2,1-3H3. The third-order valence-corrected chi connectivity index (χ3v) is 4.69. The number of nitrogens with zero attached hydrogens (tertiary/aromatic N) is 1. The molecular formula is C22H25NO5. The molecule has 1 heterocycles. The highest BCUT2D eigenvalue weighted by atomic mass is 16.5. The van der Waals surface area contributed by atoms with E-state index in [0.717, 1.165) is 22.4 Å². The molecule has 0 radical (unpaired) electrons. The van der Waals surface area contributed by atoms with Crippen LogP contribution in [0.3, 0.4) is 0 Å². The molecule has 1 aliphatic rings. The number of hydrogen-bond donors (Lipinski definition) is 0. The van der Waals surface area contributed by atoms with E-state index in [-0.39, 0.29) is 5.91 Å². The van der Waals surface area contributed by atoms with Crippen LogP contribution in [0.15, 0.2) is 48.5 Å². The Morgan fingerprint density at radius 3 is 2.14 bits per heavy atom. The maximum atomic E-state index is 12.9. The Bertz CT molecular complexity index is 839. The molecule has 0 saturated carbocycles. The molecule has 0 bridgehead atoms. The molecule has 2 aromatic carbocycles. The fourth-order valence-corrected chi connectivity index (χ4v) is 3.11. The molecule has 0 spiro atoms. The maximum absolute atomic E-state index is 12.9. The molecule has 6 nitrogen and oxygen atoms in total. The average Bonchev–Trinajstić information content (AvgIpc) is 2.77. The fourth-order valence-electron chi connectivity index (χ4n) is 3.11. The van der Waals surface area contributed by atoms with Crippen LogP contribution >= 0.6 is 0 Å². The van der Waals surface area contributed by atoms with Crippen molar-refractivity contribution in [3.63, 3.8) is 0 Å². The van der Waals surface area contributed by atoms with Crippen molar-refractivity contribution in [3.05, 3.63) is 59.7 Å². The van der Waals surface area contributed by atoms with Gasteiger partial charge in [0.2, 0.25) is 5.91 Å². The number of morpholine rings is 1. The molecule has 1 fully saturated rings. The van der Waals surface area contributed by atoms with Gasteiger partial charge in [-0.3, -0.25) is 4.79 Å². The summed E-state index contributed by atoms with van der Waals surface area (Å²) in [5.74, 6) is 1.97. The number of benzene rings is 2. The van der Waals surface area contributed by atoms with Crippen LogP contribution in [-0.4, -0.2) is 58.4 Å². The van der Waals surface area contributed by atoms with Gasteiger partial charge >= 0.3 is 0 Å². The van der Waals surface area contributed by atoms with Gasteiger partial charge in [0.1, 0.15) is 5.75 Å². The number of carbonyl (C=O) groups is 1. The van der Waals surface area contributed by atoms with Crippen molar-refractivity contribution >= 4 is 11.5 Å². The Labute approximate surface area is 165 Å². The number of amides is 1. The summed E-state index contributed by atoms with van der Waals surface area (Å²) >= 11 is 0. The van der Waals surface area contributed by atoms with Crippen molar-refractivity contribution < 1.29 is 23.7 Å². The number of methoxy groups -OCH3 is 3. The second-order valence-corrected chi connectivity index (χ2v) is 6.29. The van der Waals surface area contributed by atoms with Crippen molar-refractivity contribution in [1.29, 1.82) is 0 Å². The largest absolute Gasteiger partial charge is 0.497 e. The number of hydrogen-bond acceptors (Lipinski definition) is 5. The van der Waals surface area contributed by atoms with Crippen LogP contribution in [0.5, 0.6) is 17.2 Å². The molecule has 0 aromatic heterocycles. The van der Waals surface area contributed by atoms with Crippen molar-refractivity contribution in [2.45, 2.75) is 0 Å². The lowest BCUT2D eigenvalue weighted by molar-refractivity contribution is -0.129. The smallest absolute Gasteiger partial charge is 0.247 e. The summed E-state index contributed by atoms with van der Waals surface area (Å²) in [5, 5.41) is 0. The van der Waals surface area contributed by atoms with Crippen LogP contribution in [-0.2, 0) is 9.53 Å². The third kappa shape index (κ3) is 4.46. The highest BCUT2D eigenvalue weighted by molar-refractivity contribution is 5.99. The minimum Gasteiger partial charge on any atom is -0.497 e. The van der Waals surface area contributed by atoms with E-state index in [0.29, 0.717) is 37.8 Å². The summed E-state index contributed by atoms with van der Waals surface area (Å²) in [6.07, 6.45) is 1.67. The SMILES string of the molecule is COc1ccc(C(=CC(=O)N2CCOCC2)c2ccc(OC)c(OC)c2)cc1. The summed E-state index contributed by atoms with van der Waals surface area (Å²) in [6, 6.07) is 13.3. The Morgan fingerprint density at radius 1 is 0.893 bits per heavy atom. The van der Waals surface area contributed by atoms with E-state index in [4.69, 9.17) is 18.9 Å². The molecule has 1 saturated heterocycles. The van der Waals surface area contributed by atoms with Crippen molar-refractivity contribution in [1.82, 2.24) is 4.90 Å². The zero-order valence-electron chi connectivity index (χ0n) is 16.4. The van der Waals surface area contributed by atoms with Crippen LogP contribution in [0.25, 0.3) is 5.57 Å². The van der Waals surface area contributed by atoms with Crippen molar-refractivity contribution in [2.24, 2.45) is 0 Å². The highest BCUT2D eigenvalue weighted by Crippen LogP contribution is 2.33. The summed E-state index contributed by atoms with van der Waals surface area (Å²) in [7, 11) is 4.82. The van der Waals surface area contributed by atoms with Gasteiger partial charge in [-0.1, -0.05) is 18.2 Å². The first kappa shape index (κ1) is 19.8. The Morgan fingerprint density at radius 2 is 1.54 bits per heavy atom. The van der Waals surface area contributed by atoms with Crippen LogP contribution in [0.1, 0.15) is 11.1 Å². The van der Waals surface area contributed by atoms with Gasteiger partial charge in [-0.25, -0.2) is 0 Å². The molecule has 0 N–H and O–H groups in total. The van der Waals surface area contributed by atoms with E-state index in [2.05, 4.69) is 0 Å².